The van der Waals surface area contributed by atoms with Crippen molar-refractivity contribution in [2.24, 2.45) is 4.99 Å². The molecule has 7 nitrogen and oxygen atoms in total. The van der Waals surface area contributed by atoms with Crippen molar-refractivity contribution in [2.75, 3.05) is 26.2 Å². The average Bonchev–Trinajstić information content (AvgIpc) is 3.11. The zero-order chi connectivity index (χ0) is 18.6. The van der Waals surface area contributed by atoms with E-state index >= 15 is 0 Å². The third kappa shape index (κ3) is 7.72. The van der Waals surface area contributed by atoms with Crippen molar-refractivity contribution in [3.8, 4) is 0 Å². The Balaban J connectivity index is 1.63. The highest BCUT2D eigenvalue weighted by Gasteiger charge is 2.13. The molecule has 1 aromatic heterocycles. The van der Waals surface area contributed by atoms with E-state index in [1.165, 1.54) is 32.1 Å². The van der Waals surface area contributed by atoms with Gasteiger partial charge in [-0.2, -0.15) is 4.98 Å². The molecular formula is C19H35N5O2. The third-order valence-electron chi connectivity index (χ3n) is 4.45. The van der Waals surface area contributed by atoms with Crippen molar-refractivity contribution in [3.63, 3.8) is 0 Å². The van der Waals surface area contributed by atoms with Crippen LogP contribution in [-0.4, -0.2) is 48.4 Å². The van der Waals surface area contributed by atoms with Crippen LogP contribution in [0.25, 0.3) is 0 Å². The van der Waals surface area contributed by atoms with Crippen LogP contribution in [0.1, 0.15) is 76.9 Å². The molecule has 1 fully saturated rings. The highest BCUT2D eigenvalue weighted by molar-refractivity contribution is 5.79. The molecule has 0 unspecified atom stereocenters. The van der Waals surface area contributed by atoms with Gasteiger partial charge in [-0.05, 0) is 26.2 Å². The number of guanidine groups is 1. The van der Waals surface area contributed by atoms with Crippen molar-refractivity contribution in [1.82, 2.24) is 20.8 Å². The van der Waals surface area contributed by atoms with E-state index in [1.807, 2.05) is 0 Å². The maximum Gasteiger partial charge on any atom is 0.228 e. The third-order valence-corrected chi connectivity index (χ3v) is 4.45. The summed E-state index contributed by atoms with van der Waals surface area (Å²) in [6, 6.07) is 0. The first-order valence-electron chi connectivity index (χ1n) is 10.1. The van der Waals surface area contributed by atoms with Crippen molar-refractivity contribution in [1.29, 1.82) is 0 Å². The maximum absolute atomic E-state index is 5.95. The Labute approximate surface area is 157 Å². The molecule has 1 saturated carbocycles. The van der Waals surface area contributed by atoms with Gasteiger partial charge in [0.05, 0.1) is 6.10 Å². The summed E-state index contributed by atoms with van der Waals surface area (Å²) in [7, 11) is 0. The molecule has 0 bridgehead atoms. The van der Waals surface area contributed by atoms with E-state index < -0.39 is 0 Å². The van der Waals surface area contributed by atoms with Gasteiger partial charge < -0.3 is 19.9 Å². The number of hydrogen-bond donors (Lipinski definition) is 2. The van der Waals surface area contributed by atoms with Gasteiger partial charge in [-0.3, -0.25) is 4.99 Å². The van der Waals surface area contributed by atoms with Gasteiger partial charge in [-0.15, -0.1) is 0 Å². The fraction of sp³-hybridized carbons (Fsp3) is 0.842. The van der Waals surface area contributed by atoms with Gasteiger partial charge in [0.25, 0.3) is 0 Å². The standard InChI is InChI=1S/C19H35N5O2/c1-4-20-19(21-12-8-14-25-16-9-6-5-7-10-16)22-13-11-17-23-18(15(2)3)24-26-17/h15-16H,4-14H2,1-3H3,(H2,20,21,22). The second-order valence-corrected chi connectivity index (χ2v) is 7.12. The molecule has 148 valence electrons. The van der Waals surface area contributed by atoms with Gasteiger partial charge >= 0.3 is 0 Å². The molecule has 1 aliphatic carbocycles. The summed E-state index contributed by atoms with van der Waals surface area (Å²) < 4.78 is 11.2. The van der Waals surface area contributed by atoms with E-state index in [1.54, 1.807) is 0 Å². The Morgan fingerprint density at radius 1 is 1.27 bits per heavy atom. The van der Waals surface area contributed by atoms with Gasteiger partial charge in [-0.25, -0.2) is 0 Å². The average molecular weight is 366 g/mol. The largest absolute Gasteiger partial charge is 0.378 e. The van der Waals surface area contributed by atoms with E-state index in [4.69, 9.17) is 9.26 Å². The molecule has 0 atom stereocenters. The van der Waals surface area contributed by atoms with Crippen molar-refractivity contribution >= 4 is 5.96 Å². The molecule has 0 spiro atoms. The summed E-state index contributed by atoms with van der Waals surface area (Å²) in [5, 5.41) is 10.6. The van der Waals surface area contributed by atoms with Crippen molar-refractivity contribution in [2.45, 2.75) is 77.7 Å². The number of nitrogens with one attached hydrogen (secondary N) is 2. The van der Waals surface area contributed by atoms with E-state index in [0.717, 1.165) is 37.9 Å². The molecule has 0 amide bonds. The van der Waals surface area contributed by atoms with Gasteiger partial charge in [0.15, 0.2) is 11.8 Å². The number of hydrogen-bond acceptors (Lipinski definition) is 5. The lowest BCUT2D eigenvalue weighted by Gasteiger charge is -2.21. The van der Waals surface area contributed by atoms with E-state index in [0.29, 0.717) is 25.0 Å². The molecule has 1 aliphatic rings. The van der Waals surface area contributed by atoms with Crippen LogP contribution >= 0.6 is 0 Å². The van der Waals surface area contributed by atoms with Gasteiger partial charge in [0, 0.05) is 38.6 Å². The van der Waals surface area contributed by atoms with Crippen LogP contribution in [0.3, 0.4) is 0 Å². The van der Waals surface area contributed by atoms with Crippen LogP contribution in [0.2, 0.25) is 0 Å². The van der Waals surface area contributed by atoms with Crippen LogP contribution in [0, 0.1) is 0 Å². The number of ether oxygens (including phenoxy) is 1. The molecule has 0 aromatic carbocycles. The summed E-state index contributed by atoms with van der Waals surface area (Å²) in [6.07, 6.45) is 8.56. The Morgan fingerprint density at radius 3 is 2.77 bits per heavy atom. The Kier molecular flexibility index (Phi) is 9.45. The minimum Gasteiger partial charge on any atom is -0.378 e. The molecule has 1 heterocycles. The monoisotopic (exact) mass is 365 g/mol. The molecule has 2 rings (SSSR count). The normalized spacial score (nSPS) is 16.2. The van der Waals surface area contributed by atoms with Crippen LogP contribution in [0.15, 0.2) is 9.52 Å². The number of nitrogens with zero attached hydrogens (tertiary/aromatic N) is 3. The summed E-state index contributed by atoms with van der Waals surface area (Å²) >= 11 is 0. The summed E-state index contributed by atoms with van der Waals surface area (Å²) in [5.41, 5.74) is 0. The van der Waals surface area contributed by atoms with E-state index in [9.17, 15) is 0 Å². The lowest BCUT2D eigenvalue weighted by Crippen LogP contribution is -2.38. The molecule has 7 heteroatoms. The number of aromatic nitrogens is 2. The maximum atomic E-state index is 5.95. The fourth-order valence-corrected chi connectivity index (χ4v) is 2.97. The predicted octanol–water partition coefficient (Wildman–Crippen LogP) is 3.03. The second kappa shape index (κ2) is 11.9. The molecule has 26 heavy (non-hydrogen) atoms. The summed E-state index contributed by atoms with van der Waals surface area (Å²) in [5.74, 6) is 2.54. The minimum atomic E-state index is 0.287. The van der Waals surface area contributed by atoms with Crippen LogP contribution in [-0.2, 0) is 11.2 Å². The van der Waals surface area contributed by atoms with Gasteiger partial charge in [0.1, 0.15) is 0 Å². The van der Waals surface area contributed by atoms with E-state index in [2.05, 4.69) is 46.5 Å². The summed E-state index contributed by atoms with van der Waals surface area (Å²) in [4.78, 5) is 9.00. The molecule has 2 N–H and O–H groups in total. The first-order chi connectivity index (χ1) is 12.7. The smallest absolute Gasteiger partial charge is 0.228 e. The van der Waals surface area contributed by atoms with Crippen LogP contribution < -0.4 is 10.6 Å². The Bertz CT molecular complexity index is 524. The highest BCUT2D eigenvalue weighted by atomic mass is 16.5. The van der Waals surface area contributed by atoms with Gasteiger partial charge in [0.2, 0.25) is 5.89 Å². The quantitative estimate of drug-likeness (QED) is 0.377. The highest BCUT2D eigenvalue weighted by Crippen LogP contribution is 2.20. The molecule has 0 aliphatic heterocycles. The van der Waals surface area contributed by atoms with Crippen LogP contribution in [0.5, 0.6) is 0 Å². The molecular weight excluding hydrogens is 330 g/mol. The Morgan fingerprint density at radius 2 is 2.08 bits per heavy atom. The minimum absolute atomic E-state index is 0.287. The predicted molar refractivity (Wildman–Crippen MR) is 104 cm³/mol. The SMILES string of the molecule is CCNC(=NCCCOC1CCCCC1)NCCc1nc(C(C)C)no1. The van der Waals surface area contributed by atoms with Gasteiger partial charge in [-0.1, -0.05) is 38.3 Å². The summed E-state index contributed by atoms with van der Waals surface area (Å²) in [6.45, 7) is 9.29. The first-order valence-corrected chi connectivity index (χ1v) is 10.1. The lowest BCUT2D eigenvalue weighted by molar-refractivity contribution is 0.0281. The molecule has 0 radical (unpaired) electrons. The number of aliphatic imine (C=N–C) groups is 1. The van der Waals surface area contributed by atoms with E-state index in [-0.39, 0.29) is 5.92 Å². The Hall–Kier alpha value is -1.63. The topological polar surface area (TPSA) is 84.6 Å². The fourth-order valence-electron chi connectivity index (χ4n) is 2.97. The zero-order valence-electron chi connectivity index (χ0n) is 16.6. The van der Waals surface area contributed by atoms with Crippen molar-refractivity contribution in [3.05, 3.63) is 11.7 Å². The second-order valence-electron chi connectivity index (χ2n) is 7.12. The van der Waals surface area contributed by atoms with Crippen molar-refractivity contribution < 1.29 is 9.26 Å². The van der Waals surface area contributed by atoms with Crippen LogP contribution in [0.4, 0.5) is 0 Å². The molecule has 0 saturated heterocycles. The number of rotatable bonds is 10. The zero-order valence-corrected chi connectivity index (χ0v) is 16.6. The lowest BCUT2D eigenvalue weighted by atomic mass is 9.98. The molecule has 1 aromatic rings. The first kappa shape index (κ1) is 20.7.